The maximum absolute atomic E-state index is 9.40. The van der Waals surface area contributed by atoms with Gasteiger partial charge in [0.25, 0.3) is 0 Å². The molecule has 1 aliphatic rings. The second kappa shape index (κ2) is 9.08. The van der Waals surface area contributed by atoms with Crippen molar-refractivity contribution >= 4 is 15.9 Å². The minimum absolute atomic E-state index is 0. The highest BCUT2D eigenvalue weighted by atomic mass is 79.9. The number of halogens is 2. The van der Waals surface area contributed by atoms with Gasteiger partial charge in [0.05, 0.1) is 34.0 Å². The highest BCUT2D eigenvalue weighted by Crippen LogP contribution is 2.35. The predicted molar refractivity (Wildman–Crippen MR) is 83.7 cm³/mol. The van der Waals surface area contributed by atoms with Gasteiger partial charge in [-0.1, -0.05) is 15.9 Å². The van der Waals surface area contributed by atoms with Crippen LogP contribution in [0.15, 0.2) is 16.6 Å². The van der Waals surface area contributed by atoms with Crippen LogP contribution in [0.3, 0.4) is 0 Å². The quantitative estimate of drug-likeness (QED) is 0.565. The summed E-state index contributed by atoms with van der Waals surface area (Å²) < 4.78 is 18.0. The number of hydrogen-bond donors (Lipinski definition) is 1. The molecule has 1 heterocycles. The predicted octanol–water partition coefficient (Wildman–Crippen LogP) is -1.19. The maximum atomic E-state index is 9.40. The third-order valence-corrected chi connectivity index (χ3v) is 4.79. The van der Waals surface area contributed by atoms with Crippen LogP contribution in [0.5, 0.6) is 11.5 Å². The molecule has 1 aromatic rings. The van der Waals surface area contributed by atoms with Gasteiger partial charge in [0.15, 0.2) is 11.5 Å². The summed E-state index contributed by atoms with van der Waals surface area (Å²) in [5.41, 5.74) is 1.16. The zero-order chi connectivity index (χ0) is 15.3. The average molecular weight is 441 g/mol. The average Bonchev–Trinajstić information content (AvgIpc) is 2.50. The molecule has 0 radical (unpaired) electrons. The van der Waals surface area contributed by atoms with E-state index in [9.17, 15) is 5.11 Å². The Morgan fingerprint density at radius 1 is 1.18 bits per heavy atom. The smallest absolute Gasteiger partial charge is 0.161 e. The molecule has 0 unspecified atom stereocenters. The van der Waals surface area contributed by atoms with Crippen LogP contribution in [0.25, 0.3) is 0 Å². The summed E-state index contributed by atoms with van der Waals surface area (Å²) >= 11 is 3.61. The van der Waals surface area contributed by atoms with E-state index in [1.807, 2.05) is 12.1 Å². The van der Waals surface area contributed by atoms with Gasteiger partial charge in [-0.3, -0.25) is 0 Å². The largest absolute Gasteiger partial charge is 1.00 e. The molecule has 22 heavy (non-hydrogen) atoms. The Morgan fingerprint density at radius 3 is 2.32 bits per heavy atom. The molecule has 126 valence electrons. The molecule has 1 N–H and O–H groups in total. The van der Waals surface area contributed by atoms with Crippen molar-refractivity contribution in [1.29, 1.82) is 0 Å². The van der Waals surface area contributed by atoms with Gasteiger partial charge in [0.1, 0.15) is 26.2 Å². The van der Waals surface area contributed by atoms with E-state index in [0.717, 1.165) is 59.7 Å². The highest BCUT2D eigenvalue weighted by molar-refractivity contribution is 9.10. The number of ether oxygens (including phenoxy) is 3. The molecule has 1 aromatic carbocycles. The van der Waals surface area contributed by atoms with E-state index in [2.05, 4.69) is 15.9 Å². The Balaban J connectivity index is 0.00000242. The van der Waals surface area contributed by atoms with Crippen molar-refractivity contribution < 1.29 is 40.8 Å². The molecule has 0 amide bonds. The first-order valence-corrected chi connectivity index (χ1v) is 7.87. The Morgan fingerprint density at radius 2 is 1.77 bits per heavy atom. The van der Waals surface area contributed by atoms with Crippen molar-refractivity contribution in [3.8, 4) is 11.5 Å². The summed E-state index contributed by atoms with van der Waals surface area (Å²) in [6.07, 6.45) is 0. The lowest BCUT2D eigenvalue weighted by Crippen LogP contribution is -3.00. The molecule has 0 atom stereocenters. The molecule has 7 heteroatoms. The molecule has 1 saturated heterocycles. The Bertz CT molecular complexity index is 473. The first-order valence-electron chi connectivity index (χ1n) is 7.08. The maximum Gasteiger partial charge on any atom is 0.161 e. The fraction of sp³-hybridized carbons (Fsp3) is 0.600. The van der Waals surface area contributed by atoms with Gasteiger partial charge in [0.2, 0.25) is 0 Å². The SMILES string of the molecule is COc1cc(Br)c(C[N+]2(CCO)CCOCC2)cc1OC.[Br-]. The second-order valence-corrected chi connectivity index (χ2v) is 6.16. The van der Waals surface area contributed by atoms with Crippen molar-refractivity contribution in [2.24, 2.45) is 0 Å². The minimum atomic E-state index is 0. The van der Waals surface area contributed by atoms with Crippen LogP contribution < -0.4 is 26.5 Å². The molecule has 0 bridgehead atoms. The Hall–Kier alpha value is -0.340. The number of methoxy groups -OCH3 is 2. The van der Waals surface area contributed by atoms with E-state index < -0.39 is 0 Å². The fourth-order valence-corrected chi connectivity index (χ4v) is 3.23. The molecular formula is C15H23Br2NO4. The molecular weight excluding hydrogens is 418 g/mol. The lowest BCUT2D eigenvalue weighted by Gasteiger charge is -2.41. The minimum Gasteiger partial charge on any atom is -1.00 e. The van der Waals surface area contributed by atoms with Gasteiger partial charge in [0, 0.05) is 10.0 Å². The Kier molecular flexibility index (Phi) is 8.13. The lowest BCUT2D eigenvalue weighted by molar-refractivity contribution is -0.947. The first-order chi connectivity index (χ1) is 10.1. The second-order valence-electron chi connectivity index (χ2n) is 5.31. The zero-order valence-electron chi connectivity index (χ0n) is 13.0. The van der Waals surface area contributed by atoms with Crippen LogP contribution in [0, 0.1) is 0 Å². The van der Waals surface area contributed by atoms with E-state index in [1.165, 1.54) is 0 Å². The van der Waals surface area contributed by atoms with Crippen LogP contribution in [0.1, 0.15) is 5.56 Å². The first kappa shape index (κ1) is 19.7. The van der Waals surface area contributed by atoms with Crippen molar-refractivity contribution in [3.05, 3.63) is 22.2 Å². The topological polar surface area (TPSA) is 47.9 Å². The molecule has 1 aliphatic heterocycles. The summed E-state index contributed by atoms with van der Waals surface area (Å²) in [5, 5.41) is 9.40. The molecule has 2 rings (SSSR count). The zero-order valence-corrected chi connectivity index (χ0v) is 16.2. The number of nitrogens with zero attached hydrogens (tertiary/aromatic N) is 1. The molecule has 1 fully saturated rings. The van der Waals surface area contributed by atoms with Gasteiger partial charge in [-0.25, -0.2) is 0 Å². The monoisotopic (exact) mass is 439 g/mol. The number of morpholine rings is 1. The summed E-state index contributed by atoms with van der Waals surface area (Å²) in [6, 6.07) is 3.94. The summed E-state index contributed by atoms with van der Waals surface area (Å²) in [5.74, 6) is 1.44. The van der Waals surface area contributed by atoms with Crippen molar-refractivity contribution in [2.45, 2.75) is 6.54 Å². The van der Waals surface area contributed by atoms with E-state index in [-0.39, 0.29) is 23.6 Å². The third kappa shape index (κ3) is 4.58. The number of aliphatic hydroxyl groups is 1. The summed E-state index contributed by atoms with van der Waals surface area (Å²) in [4.78, 5) is 0. The van der Waals surface area contributed by atoms with Crippen molar-refractivity contribution in [1.82, 2.24) is 0 Å². The van der Waals surface area contributed by atoms with Crippen LogP contribution in [-0.4, -0.2) is 63.3 Å². The number of benzene rings is 1. The number of rotatable bonds is 6. The third-order valence-electron chi connectivity index (χ3n) is 4.05. The standard InChI is InChI=1S/C15H23BrNO4.BrH/c1-19-14-9-12(13(16)10-15(14)20-2)11-17(3-6-18)4-7-21-8-5-17;/h9-10,18H,3-8,11H2,1-2H3;1H/q+1;/p-1. The molecule has 5 nitrogen and oxygen atoms in total. The van der Waals surface area contributed by atoms with E-state index in [4.69, 9.17) is 14.2 Å². The van der Waals surface area contributed by atoms with Crippen LogP contribution >= 0.6 is 15.9 Å². The van der Waals surface area contributed by atoms with Gasteiger partial charge in [-0.15, -0.1) is 0 Å². The van der Waals surface area contributed by atoms with Crippen LogP contribution in [0.4, 0.5) is 0 Å². The molecule has 0 spiro atoms. The van der Waals surface area contributed by atoms with E-state index >= 15 is 0 Å². The van der Waals surface area contributed by atoms with Crippen molar-refractivity contribution in [2.75, 3.05) is 53.7 Å². The van der Waals surface area contributed by atoms with Crippen LogP contribution in [0.2, 0.25) is 0 Å². The van der Waals surface area contributed by atoms with Gasteiger partial charge in [-0.05, 0) is 12.1 Å². The van der Waals surface area contributed by atoms with Gasteiger partial charge in [-0.2, -0.15) is 0 Å². The van der Waals surface area contributed by atoms with Crippen LogP contribution in [-0.2, 0) is 11.3 Å². The number of quaternary nitrogens is 1. The summed E-state index contributed by atoms with van der Waals surface area (Å²) in [7, 11) is 3.27. The normalized spacial score (nSPS) is 16.7. The van der Waals surface area contributed by atoms with E-state index in [0.29, 0.717) is 5.75 Å². The van der Waals surface area contributed by atoms with E-state index in [1.54, 1.807) is 14.2 Å². The Labute approximate surface area is 150 Å². The molecule has 0 aliphatic carbocycles. The summed E-state index contributed by atoms with van der Waals surface area (Å²) in [6.45, 7) is 5.08. The van der Waals surface area contributed by atoms with Gasteiger partial charge >= 0.3 is 0 Å². The molecule has 0 saturated carbocycles. The fourth-order valence-electron chi connectivity index (χ4n) is 2.78. The van der Waals surface area contributed by atoms with Crippen molar-refractivity contribution in [3.63, 3.8) is 0 Å². The highest BCUT2D eigenvalue weighted by Gasteiger charge is 2.31. The number of hydrogen-bond acceptors (Lipinski definition) is 4. The molecule has 0 aromatic heterocycles. The van der Waals surface area contributed by atoms with Gasteiger partial charge < -0.3 is 40.8 Å². The number of aliphatic hydroxyl groups excluding tert-OH is 1. The lowest BCUT2D eigenvalue weighted by atomic mass is 10.1.